The minimum absolute atomic E-state index is 0.102. The number of carbonyl (C=O) groups excluding carboxylic acids is 1. The molecule has 3 rings (SSSR count). The van der Waals surface area contributed by atoms with Gasteiger partial charge in [0.05, 0.1) is 12.0 Å². The summed E-state index contributed by atoms with van der Waals surface area (Å²) in [5.41, 5.74) is 1.13. The molecule has 0 aromatic carbocycles. The molecule has 1 amide bonds. The second-order valence-corrected chi connectivity index (χ2v) is 4.94. The number of hydrogen-bond donors (Lipinski definition) is 2. The van der Waals surface area contributed by atoms with Gasteiger partial charge in [0.2, 0.25) is 5.91 Å². The minimum atomic E-state index is 0.102. The highest BCUT2D eigenvalue weighted by atomic mass is 16.2. The molecule has 2 N–H and O–H groups in total. The molecule has 1 saturated heterocycles. The lowest BCUT2D eigenvalue weighted by atomic mass is 10.2. The van der Waals surface area contributed by atoms with Gasteiger partial charge in [0.1, 0.15) is 6.54 Å². The summed E-state index contributed by atoms with van der Waals surface area (Å²) in [6, 6.07) is 0.797. The van der Waals surface area contributed by atoms with E-state index in [-0.39, 0.29) is 5.91 Å². The summed E-state index contributed by atoms with van der Waals surface area (Å²) in [6.07, 6.45) is 8.22. The van der Waals surface area contributed by atoms with Gasteiger partial charge in [0.15, 0.2) is 0 Å². The van der Waals surface area contributed by atoms with E-state index in [0.29, 0.717) is 18.6 Å². The summed E-state index contributed by atoms with van der Waals surface area (Å²) in [7, 11) is 0. The molecule has 0 spiro atoms. The summed E-state index contributed by atoms with van der Waals surface area (Å²) < 4.78 is 1.96. The fourth-order valence-corrected chi connectivity index (χ4v) is 2.35. The number of imidazole rings is 1. The van der Waals surface area contributed by atoms with Gasteiger partial charge in [-0.3, -0.25) is 4.79 Å². The van der Waals surface area contributed by atoms with Crippen LogP contribution in [-0.2, 0) is 11.3 Å². The number of nitrogens with one attached hydrogen (secondary N) is 2. The maximum absolute atomic E-state index is 11.7. The smallest absolute Gasteiger partial charge is 0.240 e. The van der Waals surface area contributed by atoms with E-state index in [0.717, 1.165) is 31.5 Å². The fraction of sp³-hybridized carbons (Fsp3) is 0.667. The number of hydrogen-bond acceptors (Lipinski definition) is 3. The van der Waals surface area contributed by atoms with Crippen LogP contribution in [0.3, 0.4) is 0 Å². The van der Waals surface area contributed by atoms with Crippen molar-refractivity contribution in [2.24, 2.45) is 0 Å². The van der Waals surface area contributed by atoms with Gasteiger partial charge in [0.25, 0.3) is 0 Å². The Balaban J connectivity index is 1.65. The van der Waals surface area contributed by atoms with Crippen molar-refractivity contribution in [3.63, 3.8) is 0 Å². The van der Waals surface area contributed by atoms with E-state index in [1.54, 1.807) is 6.33 Å². The van der Waals surface area contributed by atoms with Gasteiger partial charge in [-0.25, -0.2) is 4.98 Å². The molecule has 1 aromatic heterocycles. The molecule has 1 aromatic rings. The van der Waals surface area contributed by atoms with Crippen molar-refractivity contribution in [3.8, 4) is 0 Å². The molecule has 5 nitrogen and oxygen atoms in total. The monoisotopic (exact) mass is 234 g/mol. The van der Waals surface area contributed by atoms with Gasteiger partial charge < -0.3 is 15.2 Å². The molecule has 2 fully saturated rings. The molecule has 92 valence electrons. The summed E-state index contributed by atoms with van der Waals surface area (Å²) in [6.45, 7) is 1.45. The van der Waals surface area contributed by atoms with Crippen molar-refractivity contribution in [2.75, 3.05) is 6.54 Å². The zero-order valence-corrected chi connectivity index (χ0v) is 9.85. The maximum Gasteiger partial charge on any atom is 0.240 e. The number of rotatable bonds is 4. The number of amides is 1. The first kappa shape index (κ1) is 10.8. The van der Waals surface area contributed by atoms with Crippen molar-refractivity contribution in [1.29, 1.82) is 0 Å². The largest absolute Gasteiger partial charge is 0.352 e. The Morgan fingerprint density at radius 1 is 1.53 bits per heavy atom. The lowest BCUT2D eigenvalue weighted by Crippen LogP contribution is -2.30. The normalized spacial score (nSPS) is 23.9. The Bertz CT molecular complexity index is 404. The predicted octanol–water partition coefficient (Wildman–Crippen LogP) is 0.586. The minimum Gasteiger partial charge on any atom is -0.352 e. The van der Waals surface area contributed by atoms with Crippen molar-refractivity contribution < 1.29 is 4.79 Å². The van der Waals surface area contributed by atoms with Crippen molar-refractivity contribution in [2.45, 2.75) is 44.3 Å². The first-order chi connectivity index (χ1) is 8.33. The van der Waals surface area contributed by atoms with Gasteiger partial charge in [-0.2, -0.15) is 0 Å². The van der Waals surface area contributed by atoms with Crippen molar-refractivity contribution in [1.82, 2.24) is 20.2 Å². The van der Waals surface area contributed by atoms with Crippen LogP contribution in [0.1, 0.15) is 37.4 Å². The summed E-state index contributed by atoms with van der Waals surface area (Å²) in [5, 5.41) is 6.44. The molecule has 2 heterocycles. The van der Waals surface area contributed by atoms with E-state index in [1.807, 2.05) is 10.8 Å². The Morgan fingerprint density at radius 2 is 2.41 bits per heavy atom. The Labute approximate surface area is 101 Å². The van der Waals surface area contributed by atoms with Crippen LogP contribution in [0, 0.1) is 0 Å². The van der Waals surface area contributed by atoms with E-state index in [4.69, 9.17) is 0 Å². The van der Waals surface area contributed by atoms with Gasteiger partial charge >= 0.3 is 0 Å². The third-order valence-corrected chi connectivity index (χ3v) is 3.42. The van der Waals surface area contributed by atoms with E-state index in [9.17, 15) is 4.79 Å². The molecular formula is C12H18N4O. The van der Waals surface area contributed by atoms with Gasteiger partial charge in [-0.15, -0.1) is 0 Å². The second kappa shape index (κ2) is 4.49. The van der Waals surface area contributed by atoms with E-state index < -0.39 is 0 Å². The molecule has 5 heteroatoms. The van der Waals surface area contributed by atoms with Crippen LogP contribution < -0.4 is 10.6 Å². The number of carbonyl (C=O) groups is 1. The Hall–Kier alpha value is -1.36. The summed E-state index contributed by atoms with van der Waals surface area (Å²) >= 11 is 0. The first-order valence-electron chi connectivity index (χ1n) is 6.36. The SMILES string of the molecule is O=C(Cn1cncc1C1CCCN1)NC1CC1. The molecule has 1 atom stereocenters. The predicted molar refractivity (Wildman–Crippen MR) is 63.4 cm³/mol. The third kappa shape index (κ3) is 2.49. The highest BCUT2D eigenvalue weighted by Gasteiger charge is 2.24. The summed E-state index contributed by atoms with van der Waals surface area (Å²) in [5.74, 6) is 0.102. The molecule has 0 radical (unpaired) electrons. The van der Waals surface area contributed by atoms with Crippen LogP contribution >= 0.6 is 0 Å². The van der Waals surface area contributed by atoms with E-state index in [1.165, 1.54) is 6.42 Å². The molecule has 1 aliphatic carbocycles. The van der Waals surface area contributed by atoms with Gasteiger partial charge in [0, 0.05) is 18.3 Å². The van der Waals surface area contributed by atoms with Crippen LogP contribution in [0.5, 0.6) is 0 Å². The van der Waals surface area contributed by atoms with Crippen LogP contribution in [0.15, 0.2) is 12.5 Å². The number of nitrogens with zero attached hydrogens (tertiary/aromatic N) is 2. The van der Waals surface area contributed by atoms with E-state index in [2.05, 4.69) is 15.6 Å². The Kier molecular flexibility index (Phi) is 2.84. The quantitative estimate of drug-likeness (QED) is 0.801. The molecule has 0 bridgehead atoms. The van der Waals surface area contributed by atoms with Gasteiger partial charge in [-0.1, -0.05) is 0 Å². The molecule has 1 saturated carbocycles. The highest BCUT2D eigenvalue weighted by Crippen LogP contribution is 2.23. The van der Waals surface area contributed by atoms with Crippen molar-refractivity contribution >= 4 is 5.91 Å². The fourth-order valence-electron chi connectivity index (χ4n) is 2.35. The first-order valence-corrected chi connectivity index (χ1v) is 6.36. The third-order valence-electron chi connectivity index (χ3n) is 3.42. The second-order valence-electron chi connectivity index (χ2n) is 4.94. The molecule has 2 aliphatic rings. The zero-order chi connectivity index (χ0) is 11.7. The standard InChI is InChI=1S/C12H18N4O/c17-12(15-9-3-4-9)7-16-8-13-6-11(16)10-2-1-5-14-10/h6,8-10,14H,1-5,7H2,(H,15,17). The average molecular weight is 234 g/mol. The zero-order valence-electron chi connectivity index (χ0n) is 9.85. The molecule has 1 unspecified atom stereocenters. The lowest BCUT2D eigenvalue weighted by molar-refractivity contribution is -0.121. The lowest BCUT2D eigenvalue weighted by Gasteiger charge is -2.13. The molecular weight excluding hydrogens is 216 g/mol. The van der Waals surface area contributed by atoms with Crippen LogP contribution in [-0.4, -0.2) is 28.0 Å². The van der Waals surface area contributed by atoms with Gasteiger partial charge in [-0.05, 0) is 32.2 Å². The topological polar surface area (TPSA) is 59.0 Å². The highest BCUT2D eigenvalue weighted by molar-refractivity contribution is 5.76. The molecule has 1 aliphatic heterocycles. The maximum atomic E-state index is 11.7. The Morgan fingerprint density at radius 3 is 3.12 bits per heavy atom. The van der Waals surface area contributed by atoms with Crippen LogP contribution in [0.2, 0.25) is 0 Å². The van der Waals surface area contributed by atoms with Crippen LogP contribution in [0.4, 0.5) is 0 Å². The average Bonchev–Trinajstić information content (AvgIpc) is 2.83. The summed E-state index contributed by atoms with van der Waals surface area (Å²) in [4.78, 5) is 15.9. The van der Waals surface area contributed by atoms with E-state index >= 15 is 0 Å². The van der Waals surface area contributed by atoms with Crippen LogP contribution in [0.25, 0.3) is 0 Å². The van der Waals surface area contributed by atoms with Crippen molar-refractivity contribution in [3.05, 3.63) is 18.2 Å². The molecule has 17 heavy (non-hydrogen) atoms. The number of aromatic nitrogens is 2.